The molecule has 0 aromatic heterocycles. The van der Waals surface area contributed by atoms with Gasteiger partial charge in [0.1, 0.15) is 0 Å². The van der Waals surface area contributed by atoms with E-state index < -0.39 is 11.9 Å². The largest absolute Gasteiger partial charge is 0.311 e. The van der Waals surface area contributed by atoms with Gasteiger partial charge in [0, 0.05) is 18.7 Å². The van der Waals surface area contributed by atoms with Gasteiger partial charge in [-0.05, 0) is 29.3 Å². The van der Waals surface area contributed by atoms with Gasteiger partial charge in [0.25, 0.3) is 5.91 Å². The number of rotatable bonds is 3. The van der Waals surface area contributed by atoms with E-state index >= 15 is 0 Å². The van der Waals surface area contributed by atoms with Gasteiger partial charge in [-0.15, -0.1) is 0 Å². The summed E-state index contributed by atoms with van der Waals surface area (Å²) < 4.78 is 0. The van der Waals surface area contributed by atoms with Crippen LogP contribution in [0.25, 0.3) is 6.08 Å². The molecule has 2 aromatic rings. The molecule has 0 radical (unpaired) electrons. The summed E-state index contributed by atoms with van der Waals surface area (Å²) in [5.41, 5.74) is 7.13. The predicted octanol–water partition coefficient (Wildman–Crippen LogP) is 2.41. The third-order valence-electron chi connectivity index (χ3n) is 4.20. The molecule has 0 spiro atoms. The fourth-order valence-electron chi connectivity index (χ4n) is 2.93. The van der Waals surface area contributed by atoms with Gasteiger partial charge >= 0.3 is 0 Å². The second-order valence-electron chi connectivity index (χ2n) is 5.96. The van der Waals surface area contributed by atoms with Gasteiger partial charge in [-0.2, -0.15) is 0 Å². The van der Waals surface area contributed by atoms with E-state index in [-0.39, 0.29) is 18.2 Å². The number of nitrogens with zero attached hydrogens (tertiary/aromatic N) is 1. The van der Waals surface area contributed by atoms with Crippen LogP contribution in [0.3, 0.4) is 0 Å². The van der Waals surface area contributed by atoms with Crippen molar-refractivity contribution in [3.8, 4) is 0 Å². The first kappa shape index (κ1) is 17.4. The molecule has 2 N–H and O–H groups in total. The molecular weight excluding hydrogens is 330 g/mol. The molecule has 0 aliphatic carbocycles. The molecule has 0 fully saturated rings. The topological polar surface area (TPSA) is 78.5 Å². The van der Waals surface area contributed by atoms with Crippen molar-refractivity contribution >= 4 is 23.8 Å². The summed E-state index contributed by atoms with van der Waals surface area (Å²) in [5.74, 6) is -0.927. The molecule has 1 heterocycles. The van der Waals surface area contributed by atoms with Gasteiger partial charge in [0.15, 0.2) is 0 Å². The minimum absolute atomic E-state index is 0.0377. The van der Waals surface area contributed by atoms with Crippen molar-refractivity contribution in [2.24, 2.45) is 0 Å². The summed E-state index contributed by atoms with van der Waals surface area (Å²) in [4.78, 5) is 37.8. The molecule has 1 atom stereocenters. The lowest BCUT2D eigenvalue weighted by Crippen LogP contribution is -2.43. The molecule has 3 rings (SSSR count). The fraction of sp³-hybridized carbons (Fsp3) is 0.150. The van der Waals surface area contributed by atoms with Crippen LogP contribution in [0.5, 0.6) is 0 Å². The van der Waals surface area contributed by atoms with Gasteiger partial charge in [-0.1, -0.05) is 42.5 Å². The Morgan fingerprint density at radius 2 is 1.65 bits per heavy atom. The molecule has 26 heavy (non-hydrogen) atoms. The number of carbonyl (C=O) groups is 3. The molecule has 2 aromatic carbocycles. The van der Waals surface area contributed by atoms with E-state index in [1.807, 2.05) is 30.3 Å². The average molecular weight is 349 g/mol. The first-order valence-corrected chi connectivity index (χ1v) is 8.26. The number of nitrogens with one attached hydrogen (secondary N) is 2. The predicted molar refractivity (Wildman–Crippen MR) is 97.4 cm³/mol. The van der Waals surface area contributed by atoms with Gasteiger partial charge < -0.3 is 4.90 Å². The third-order valence-corrected chi connectivity index (χ3v) is 4.20. The average Bonchev–Trinajstić information content (AvgIpc) is 2.66. The zero-order valence-corrected chi connectivity index (χ0v) is 14.3. The van der Waals surface area contributed by atoms with Gasteiger partial charge in [-0.3, -0.25) is 25.2 Å². The Bertz CT molecular complexity index is 862. The number of hydrogen-bond donors (Lipinski definition) is 2. The van der Waals surface area contributed by atoms with Gasteiger partial charge in [0.05, 0.1) is 12.5 Å². The first-order valence-electron chi connectivity index (χ1n) is 8.26. The molecule has 1 aliphatic rings. The first-order chi connectivity index (χ1) is 12.6. The third kappa shape index (κ3) is 3.80. The summed E-state index contributed by atoms with van der Waals surface area (Å²) in [7, 11) is 0. The van der Waals surface area contributed by atoms with Crippen molar-refractivity contribution in [1.82, 2.24) is 15.8 Å². The SMILES string of the molecule is CC(=O)N1C=Cc2ccccc2[C@H]1CC(=O)NNC(=O)c1ccccc1. The zero-order valence-electron chi connectivity index (χ0n) is 14.3. The smallest absolute Gasteiger partial charge is 0.269 e. The zero-order chi connectivity index (χ0) is 18.5. The molecule has 0 bridgehead atoms. The van der Waals surface area contributed by atoms with E-state index in [1.165, 1.54) is 11.8 Å². The fourth-order valence-corrected chi connectivity index (χ4v) is 2.93. The maximum atomic E-state index is 12.3. The molecule has 3 amide bonds. The van der Waals surface area contributed by atoms with Crippen LogP contribution < -0.4 is 10.9 Å². The minimum atomic E-state index is -0.415. The van der Waals surface area contributed by atoms with Gasteiger partial charge in [0.2, 0.25) is 11.8 Å². The molecular formula is C20H19N3O3. The number of benzene rings is 2. The highest BCUT2D eigenvalue weighted by Crippen LogP contribution is 2.32. The Kier molecular flexibility index (Phi) is 5.12. The van der Waals surface area contributed by atoms with Crippen molar-refractivity contribution in [2.45, 2.75) is 19.4 Å². The van der Waals surface area contributed by atoms with E-state index in [4.69, 9.17) is 0 Å². The van der Waals surface area contributed by atoms with Crippen LogP contribution in [0.4, 0.5) is 0 Å². The second-order valence-corrected chi connectivity index (χ2v) is 5.96. The summed E-state index contributed by atoms with van der Waals surface area (Å²) in [5, 5.41) is 0. The van der Waals surface area contributed by atoms with Crippen molar-refractivity contribution < 1.29 is 14.4 Å². The Morgan fingerprint density at radius 1 is 0.962 bits per heavy atom. The molecule has 1 aliphatic heterocycles. The lowest BCUT2D eigenvalue weighted by molar-refractivity contribution is -0.130. The van der Waals surface area contributed by atoms with Gasteiger partial charge in [-0.25, -0.2) is 0 Å². The second kappa shape index (κ2) is 7.65. The maximum Gasteiger partial charge on any atom is 0.269 e. The van der Waals surface area contributed by atoms with Crippen LogP contribution in [0.1, 0.15) is 40.9 Å². The molecule has 6 nitrogen and oxygen atoms in total. The lowest BCUT2D eigenvalue weighted by atomic mass is 9.93. The van der Waals surface area contributed by atoms with Crippen LogP contribution in [0.15, 0.2) is 60.8 Å². The minimum Gasteiger partial charge on any atom is -0.311 e. The Labute approximate surface area is 151 Å². The highest BCUT2D eigenvalue weighted by Gasteiger charge is 2.28. The normalized spacial score (nSPS) is 15.1. The van der Waals surface area contributed by atoms with Crippen molar-refractivity contribution in [3.05, 3.63) is 77.5 Å². The summed E-state index contributed by atoms with van der Waals surface area (Å²) in [6, 6.07) is 15.8. The van der Waals surface area contributed by atoms with E-state index in [0.29, 0.717) is 5.56 Å². The standard InChI is InChI=1S/C20H19N3O3/c1-14(24)23-12-11-15-7-5-6-10-17(15)18(23)13-19(25)21-22-20(26)16-8-3-2-4-9-16/h2-12,18H,13H2,1H3,(H,21,25)(H,22,26)/t18-/m1/s1. The van der Waals surface area contributed by atoms with E-state index in [9.17, 15) is 14.4 Å². The number of hydrogen-bond acceptors (Lipinski definition) is 3. The van der Waals surface area contributed by atoms with Crippen LogP contribution in [-0.2, 0) is 9.59 Å². The van der Waals surface area contributed by atoms with Crippen LogP contribution in [0.2, 0.25) is 0 Å². The van der Waals surface area contributed by atoms with Crippen LogP contribution >= 0.6 is 0 Å². The number of fused-ring (bicyclic) bond motifs is 1. The number of amides is 3. The van der Waals surface area contributed by atoms with E-state index in [2.05, 4.69) is 10.9 Å². The molecule has 6 heteroatoms. The lowest BCUT2D eigenvalue weighted by Gasteiger charge is -2.32. The molecule has 0 saturated carbocycles. The molecule has 0 unspecified atom stereocenters. The number of hydrazine groups is 1. The van der Waals surface area contributed by atoms with Crippen LogP contribution in [0, 0.1) is 0 Å². The quantitative estimate of drug-likeness (QED) is 0.835. The number of carbonyl (C=O) groups excluding carboxylic acids is 3. The molecule has 0 saturated heterocycles. The molecule has 132 valence electrons. The highest BCUT2D eigenvalue weighted by atomic mass is 16.2. The Hall–Kier alpha value is -3.41. The van der Waals surface area contributed by atoms with Crippen molar-refractivity contribution in [2.75, 3.05) is 0 Å². The maximum absolute atomic E-state index is 12.3. The van der Waals surface area contributed by atoms with Crippen molar-refractivity contribution in [3.63, 3.8) is 0 Å². The monoisotopic (exact) mass is 349 g/mol. The summed E-state index contributed by atoms with van der Waals surface area (Å²) >= 11 is 0. The van der Waals surface area contributed by atoms with Crippen LogP contribution in [-0.4, -0.2) is 22.6 Å². The Balaban J connectivity index is 1.68. The highest BCUT2D eigenvalue weighted by molar-refractivity contribution is 5.95. The van der Waals surface area contributed by atoms with E-state index in [1.54, 1.807) is 36.5 Å². The summed E-state index contributed by atoms with van der Waals surface area (Å²) in [6.45, 7) is 1.46. The van der Waals surface area contributed by atoms with Crippen molar-refractivity contribution in [1.29, 1.82) is 0 Å². The summed E-state index contributed by atoms with van der Waals surface area (Å²) in [6.07, 6.45) is 3.57. The Morgan fingerprint density at radius 3 is 2.38 bits per heavy atom. The van der Waals surface area contributed by atoms with E-state index in [0.717, 1.165) is 11.1 Å².